The van der Waals surface area contributed by atoms with Gasteiger partial charge in [-0.2, -0.15) is 0 Å². The van der Waals surface area contributed by atoms with Crippen molar-refractivity contribution in [3.8, 4) is 0 Å². The van der Waals surface area contributed by atoms with Gasteiger partial charge in [0.2, 0.25) is 0 Å². The Hall–Kier alpha value is -2.93. The minimum atomic E-state index is 1.10. The molecule has 1 heteroatoms. The predicted molar refractivity (Wildman–Crippen MR) is 106 cm³/mol. The maximum atomic E-state index is 5.13. The van der Waals surface area contributed by atoms with E-state index >= 15 is 0 Å². The average Bonchev–Trinajstić information content (AvgIpc) is 3.07. The summed E-state index contributed by atoms with van der Waals surface area (Å²) >= 11 is 0. The van der Waals surface area contributed by atoms with Crippen molar-refractivity contribution in [3.05, 3.63) is 77.4 Å². The number of rotatable bonds is 0. The molecule has 0 saturated carbocycles. The van der Waals surface area contributed by atoms with Crippen molar-refractivity contribution in [2.75, 3.05) is 0 Å². The first-order valence-electron chi connectivity index (χ1n) is 8.96. The molecule has 1 nitrogen and oxygen atoms in total. The number of benzene rings is 4. The van der Waals surface area contributed by atoms with Gasteiger partial charge in [0.25, 0.3) is 0 Å². The maximum absolute atomic E-state index is 5.13. The number of aryl methyl sites for hydroxylation is 3. The molecule has 6 rings (SSSR count). The summed E-state index contributed by atoms with van der Waals surface area (Å²) in [5.74, 6) is 0. The van der Waals surface area contributed by atoms with Crippen LogP contribution in [0.4, 0.5) is 0 Å². The average molecular weight is 319 g/mol. The lowest BCUT2D eigenvalue weighted by atomic mass is 9.94. The molecule has 0 bridgehead atoms. The van der Waals surface area contributed by atoms with Crippen LogP contribution in [0, 0.1) is 6.92 Å². The third kappa shape index (κ3) is 1.65. The Balaban J connectivity index is 1.91. The Labute approximate surface area is 145 Å². The molecule has 0 saturated heterocycles. The number of fused-ring (bicyclic) bond motifs is 5. The Morgan fingerprint density at radius 3 is 2.52 bits per heavy atom. The van der Waals surface area contributed by atoms with Crippen LogP contribution in [0.2, 0.25) is 0 Å². The standard InChI is InChI=1S/C24H17N/c1-14-20-13-17-10-9-16-6-4-8-19(23(16)17)24(20)25-21-12-11-15-5-2-3-7-18(15)22(14)21/h2-8,11-13H,9-10H2,1H3. The quantitative estimate of drug-likeness (QED) is 0.248. The smallest absolute Gasteiger partial charge is 0.0791 e. The molecule has 1 heterocycles. The van der Waals surface area contributed by atoms with Crippen molar-refractivity contribution in [3.63, 3.8) is 0 Å². The van der Waals surface area contributed by atoms with Gasteiger partial charge in [0.1, 0.15) is 0 Å². The van der Waals surface area contributed by atoms with Gasteiger partial charge < -0.3 is 0 Å². The lowest BCUT2D eigenvalue weighted by Crippen LogP contribution is -1.92. The summed E-state index contributed by atoms with van der Waals surface area (Å²) in [4.78, 5) is 5.13. The Morgan fingerprint density at radius 1 is 0.720 bits per heavy atom. The predicted octanol–water partition coefficient (Wildman–Crippen LogP) is 6.10. The van der Waals surface area contributed by atoms with Gasteiger partial charge >= 0.3 is 0 Å². The minimum absolute atomic E-state index is 1.10. The molecule has 1 aliphatic carbocycles. The summed E-state index contributed by atoms with van der Waals surface area (Å²) in [7, 11) is 0. The zero-order chi connectivity index (χ0) is 16.5. The molecule has 1 aromatic heterocycles. The highest BCUT2D eigenvalue weighted by molar-refractivity contribution is 6.17. The zero-order valence-corrected chi connectivity index (χ0v) is 14.1. The van der Waals surface area contributed by atoms with Gasteiger partial charge in [-0.3, -0.25) is 0 Å². The normalized spacial score (nSPS) is 13.5. The van der Waals surface area contributed by atoms with Crippen LogP contribution < -0.4 is 0 Å². The van der Waals surface area contributed by atoms with Gasteiger partial charge in [-0.1, -0.05) is 48.5 Å². The second kappa shape index (κ2) is 4.58. The minimum Gasteiger partial charge on any atom is -0.247 e. The first-order valence-corrected chi connectivity index (χ1v) is 8.96. The van der Waals surface area contributed by atoms with Crippen LogP contribution in [0.1, 0.15) is 16.7 Å². The van der Waals surface area contributed by atoms with E-state index in [1.54, 1.807) is 0 Å². The Bertz CT molecular complexity index is 1340. The lowest BCUT2D eigenvalue weighted by Gasteiger charge is -2.13. The highest BCUT2D eigenvalue weighted by Gasteiger charge is 2.19. The summed E-state index contributed by atoms with van der Waals surface area (Å²) in [6.07, 6.45) is 2.31. The van der Waals surface area contributed by atoms with E-state index in [-0.39, 0.29) is 0 Å². The molecule has 4 aromatic carbocycles. The second-order valence-corrected chi connectivity index (χ2v) is 7.19. The fourth-order valence-corrected chi connectivity index (χ4v) is 4.72. The third-order valence-electron chi connectivity index (χ3n) is 5.88. The van der Waals surface area contributed by atoms with Crippen LogP contribution in [-0.2, 0) is 12.8 Å². The third-order valence-corrected chi connectivity index (χ3v) is 5.88. The highest BCUT2D eigenvalue weighted by atomic mass is 14.7. The van der Waals surface area contributed by atoms with Crippen LogP contribution in [-0.4, -0.2) is 4.98 Å². The molecule has 0 unspecified atom stereocenters. The molecule has 5 aromatic rings. The van der Waals surface area contributed by atoms with E-state index in [4.69, 9.17) is 4.98 Å². The van der Waals surface area contributed by atoms with Crippen molar-refractivity contribution in [1.29, 1.82) is 0 Å². The van der Waals surface area contributed by atoms with Gasteiger partial charge in [-0.25, -0.2) is 4.98 Å². The highest BCUT2D eigenvalue weighted by Crippen LogP contribution is 2.39. The van der Waals surface area contributed by atoms with Crippen molar-refractivity contribution in [2.24, 2.45) is 0 Å². The number of nitrogens with zero attached hydrogens (tertiary/aromatic N) is 1. The molecule has 1 aliphatic rings. The first-order chi connectivity index (χ1) is 12.3. The Kier molecular flexibility index (Phi) is 2.45. The van der Waals surface area contributed by atoms with Gasteiger partial charge in [-0.15, -0.1) is 0 Å². The number of hydrogen-bond donors (Lipinski definition) is 0. The van der Waals surface area contributed by atoms with Crippen LogP contribution >= 0.6 is 0 Å². The van der Waals surface area contributed by atoms with Gasteiger partial charge in [0.05, 0.1) is 11.0 Å². The SMILES string of the molecule is Cc1c2cc3c4c(cccc4c2nc2ccc4ccccc4c12)CC3. The molecular formula is C24H17N. The molecule has 118 valence electrons. The van der Waals surface area contributed by atoms with E-state index in [0.29, 0.717) is 0 Å². The lowest BCUT2D eigenvalue weighted by molar-refractivity contribution is 1.03. The molecule has 0 N–H and O–H groups in total. The molecule has 0 aliphatic heterocycles. The molecule has 0 radical (unpaired) electrons. The molecule has 0 fully saturated rings. The fraction of sp³-hybridized carbons (Fsp3) is 0.125. The van der Waals surface area contributed by atoms with Gasteiger partial charge in [-0.05, 0) is 64.7 Å². The molecule has 25 heavy (non-hydrogen) atoms. The van der Waals surface area contributed by atoms with Crippen molar-refractivity contribution < 1.29 is 0 Å². The first kappa shape index (κ1) is 13.4. The molecule has 0 spiro atoms. The zero-order valence-electron chi connectivity index (χ0n) is 14.1. The molecular weight excluding hydrogens is 302 g/mol. The van der Waals surface area contributed by atoms with Crippen LogP contribution in [0.5, 0.6) is 0 Å². The van der Waals surface area contributed by atoms with E-state index in [0.717, 1.165) is 23.9 Å². The second-order valence-electron chi connectivity index (χ2n) is 7.19. The molecule has 0 amide bonds. The monoisotopic (exact) mass is 319 g/mol. The van der Waals surface area contributed by atoms with Crippen LogP contribution in [0.3, 0.4) is 0 Å². The van der Waals surface area contributed by atoms with Crippen molar-refractivity contribution in [2.45, 2.75) is 19.8 Å². The summed E-state index contributed by atoms with van der Waals surface area (Å²) in [5.41, 5.74) is 6.58. The summed E-state index contributed by atoms with van der Waals surface area (Å²) in [6, 6.07) is 22.1. The van der Waals surface area contributed by atoms with Crippen LogP contribution in [0.15, 0.2) is 60.7 Å². The maximum Gasteiger partial charge on any atom is 0.0791 e. The fourth-order valence-electron chi connectivity index (χ4n) is 4.72. The largest absolute Gasteiger partial charge is 0.247 e. The van der Waals surface area contributed by atoms with Crippen molar-refractivity contribution >= 4 is 43.4 Å². The summed E-state index contributed by atoms with van der Waals surface area (Å²) in [6.45, 7) is 2.26. The van der Waals surface area contributed by atoms with Crippen molar-refractivity contribution in [1.82, 2.24) is 4.98 Å². The Morgan fingerprint density at radius 2 is 1.56 bits per heavy atom. The summed E-state index contributed by atoms with van der Waals surface area (Å²) in [5, 5.41) is 7.96. The van der Waals surface area contributed by atoms with E-state index in [1.807, 2.05) is 0 Å². The van der Waals surface area contributed by atoms with E-state index in [9.17, 15) is 0 Å². The number of hydrogen-bond acceptors (Lipinski definition) is 1. The topological polar surface area (TPSA) is 12.9 Å². The van der Waals surface area contributed by atoms with Crippen LogP contribution in [0.25, 0.3) is 43.4 Å². The van der Waals surface area contributed by atoms with Gasteiger partial charge in [0, 0.05) is 16.2 Å². The van der Waals surface area contributed by atoms with Gasteiger partial charge in [0.15, 0.2) is 0 Å². The number of aromatic nitrogens is 1. The van der Waals surface area contributed by atoms with E-state index in [2.05, 4.69) is 67.6 Å². The molecule has 0 atom stereocenters. The van der Waals surface area contributed by atoms with E-state index < -0.39 is 0 Å². The number of pyridine rings is 1. The summed E-state index contributed by atoms with van der Waals surface area (Å²) < 4.78 is 0. The van der Waals surface area contributed by atoms with E-state index in [1.165, 1.54) is 49.0 Å².